The SMILES string of the molecule is CCc1c(C)[nH]c2cc(OC)c(Cl)cc2c1=O. The van der Waals surface area contributed by atoms with Crippen LogP contribution >= 0.6 is 11.6 Å². The number of aromatic amines is 1. The second kappa shape index (κ2) is 4.41. The standard InChI is InChI=1S/C13H14ClNO2/c1-4-8-7(2)15-11-6-12(17-3)10(14)5-9(11)13(8)16/h5-6H,4H2,1-3H3,(H,15,16). The summed E-state index contributed by atoms with van der Waals surface area (Å²) in [5.41, 5.74) is 2.50. The largest absolute Gasteiger partial charge is 0.495 e. The summed E-state index contributed by atoms with van der Waals surface area (Å²) in [6, 6.07) is 3.42. The summed E-state index contributed by atoms with van der Waals surface area (Å²) in [6.07, 6.45) is 0.709. The third-order valence-corrected chi connectivity index (χ3v) is 3.23. The van der Waals surface area contributed by atoms with Crippen LogP contribution in [0.1, 0.15) is 18.2 Å². The third kappa shape index (κ3) is 1.91. The van der Waals surface area contributed by atoms with Gasteiger partial charge in [-0.3, -0.25) is 4.79 Å². The Morgan fingerprint density at radius 1 is 1.41 bits per heavy atom. The highest BCUT2D eigenvalue weighted by atomic mass is 35.5. The highest BCUT2D eigenvalue weighted by molar-refractivity contribution is 6.32. The highest BCUT2D eigenvalue weighted by Crippen LogP contribution is 2.28. The van der Waals surface area contributed by atoms with Crippen molar-refractivity contribution in [3.63, 3.8) is 0 Å². The fourth-order valence-corrected chi connectivity index (χ4v) is 2.28. The van der Waals surface area contributed by atoms with E-state index >= 15 is 0 Å². The first-order chi connectivity index (χ1) is 8.08. The summed E-state index contributed by atoms with van der Waals surface area (Å²) >= 11 is 6.03. The molecule has 3 nitrogen and oxygen atoms in total. The smallest absolute Gasteiger partial charge is 0.192 e. The molecule has 0 radical (unpaired) electrons. The van der Waals surface area contributed by atoms with E-state index in [-0.39, 0.29) is 5.43 Å². The molecule has 0 aliphatic carbocycles. The lowest BCUT2D eigenvalue weighted by Crippen LogP contribution is -2.12. The Morgan fingerprint density at radius 3 is 2.71 bits per heavy atom. The van der Waals surface area contributed by atoms with Crippen molar-refractivity contribution in [2.24, 2.45) is 0 Å². The molecule has 0 amide bonds. The molecule has 0 saturated carbocycles. The maximum atomic E-state index is 12.2. The summed E-state index contributed by atoms with van der Waals surface area (Å²) in [4.78, 5) is 15.4. The number of benzene rings is 1. The van der Waals surface area contributed by atoms with Crippen molar-refractivity contribution in [2.45, 2.75) is 20.3 Å². The quantitative estimate of drug-likeness (QED) is 0.891. The minimum atomic E-state index is 0.0447. The van der Waals surface area contributed by atoms with E-state index in [9.17, 15) is 4.79 Å². The fraction of sp³-hybridized carbons (Fsp3) is 0.308. The zero-order valence-electron chi connectivity index (χ0n) is 10.1. The zero-order chi connectivity index (χ0) is 12.6. The first-order valence-electron chi connectivity index (χ1n) is 5.47. The number of methoxy groups -OCH3 is 1. The van der Waals surface area contributed by atoms with Gasteiger partial charge in [-0.1, -0.05) is 18.5 Å². The molecule has 0 bridgehead atoms. The summed E-state index contributed by atoms with van der Waals surface area (Å²) in [7, 11) is 1.55. The number of pyridine rings is 1. The molecule has 0 aliphatic heterocycles. The molecule has 0 unspecified atom stereocenters. The van der Waals surface area contributed by atoms with Crippen molar-refractivity contribution in [1.29, 1.82) is 0 Å². The van der Waals surface area contributed by atoms with E-state index in [1.54, 1.807) is 19.2 Å². The van der Waals surface area contributed by atoms with Gasteiger partial charge in [0.15, 0.2) is 5.43 Å². The zero-order valence-corrected chi connectivity index (χ0v) is 10.8. The van der Waals surface area contributed by atoms with Gasteiger partial charge in [-0.25, -0.2) is 0 Å². The number of hydrogen-bond donors (Lipinski definition) is 1. The lowest BCUT2D eigenvalue weighted by molar-refractivity contribution is 0.415. The van der Waals surface area contributed by atoms with Gasteiger partial charge in [0.05, 0.1) is 17.6 Å². The van der Waals surface area contributed by atoms with Gasteiger partial charge in [-0.2, -0.15) is 0 Å². The number of hydrogen-bond acceptors (Lipinski definition) is 2. The van der Waals surface area contributed by atoms with E-state index in [0.29, 0.717) is 22.6 Å². The van der Waals surface area contributed by atoms with Crippen LogP contribution < -0.4 is 10.2 Å². The van der Waals surface area contributed by atoms with Crippen LogP contribution in [0.15, 0.2) is 16.9 Å². The monoisotopic (exact) mass is 251 g/mol. The van der Waals surface area contributed by atoms with Crippen LogP contribution in [0.5, 0.6) is 5.75 Å². The summed E-state index contributed by atoms with van der Waals surface area (Å²) in [5, 5.41) is 1.06. The first-order valence-corrected chi connectivity index (χ1v) is 5.85. The second-order valence-electron chi connectivity index (χ2n) is 3.94. The average Bonchev–Trinajstić information content (AvgIpc) is 2.30. The van der Waals surface area contributed by atoms with Gasteiger partial charge in [0.2, 0.25) is 0 Å². The van der Waals surface area contributed by atoms with E-state index in [4.69, 9.17) is 16.3 Å². The maximum absolute atomic E-state index is 12.2. The van der Waals surface area contributed by atoms with E-state index in [1.165, 1.54) is 0 Å². The van der Waals surface area contributed by atoms with Crippen LogP contribution in [0.25, 0.3) is 10.9 Å². The van der Waals surface area contributed by atoms with Crippen LogP contribution in [-0.2, 0) is 6.42 Å². The number of aryl methyl sites for hydroxylation is 1. The van der Waals surface area contributed by atoms with Crippen molar-refractivity contribution in [1.82, 2.24) is 4.98 Å². The molecule has 2 aromatic rings. The van der Waals surface area contributed by atoms with Crippen molar-refractivity contribution in [3.8, 4) is 5.75 Å². The van der Waals surface area contributed by atoms with Crippen LogP contribution in [0.3, 0.4) is 0 Å². The number of aromatic nitrogens is 1. The number of H-pyrrole nitrogens is 1. The third-order valence-electron chi connectivity index (χ3n) is 2.94. The van der Waals surface area contributed by atoms with Gasteiger partial charge >= 0.3 is 0 Å². The maximum Gasteiger partial charge on any atom is 0.192 e. The number of fused-ring (bicyclic) bond motifs is 1. The Balaban J connectivity index is 2.88. The van der Waals surface area contributed by atoms with Gasteiger partial charge in [-0.05, 0) is 19.4 Å². The van der Waals surface area contributed by atoms with Gasteiger partial charge in [0, 0.05) is 22.7 Å². The lowest BCUT2D eigenvalue weighted by atomic mass is 10.1. The first kappa shape index (κ1) is 12.0. The predicted octanol–water partition coefficient (Wildman–Crippen LogP) is 3.06. The molecule has 0 atom stereocenters. The lowest BCUT2D eigenvalue weighted by Gasteiger charge is -2.09. The van der Waals surface area contributed by atoms with Crippen molar-refractivity contribution >= 4 is 22.5 Å². The van der Waals surface area contributed by atoms with E-state index < -0.39 is 0 Å². The van der Waals surface area contributed by atoms with E-state index in [1.807, 2.05) is 13.8 Å². The Kier molecular flexibility index (Phi) is 3.11. The van der Waals surface area contributed by atoms with Crippen molar-refractivity contribution in [2.75, 3.05) is 7.11 Å². The van der Waals surface area contributed by atoms with E-state index in [2.05, 4.69) is 4.98 Å². The van der Waals surface area contributed by atoms with Gasteiger partial charge in [-0.15, -0.1) is 0 Å². The Morgan fingerprint density at radius 2 is 2.12 bits per heavy atom. The van der Waals surface area contributed by atoms with Crippen molar-refractivity contribution < 1.29 is 4.74 Å². The minimum absolute atomic E-state index is 0.0447. The number of ether oxygens (including phenoxy) is 1. The average molecular weight is 252 g/mol. The molecule has 17 heavy (non-hydrogen) atoms. The summed E-state index contributed by atoms with van der Waals surface area (Å²) in [5.74, 6) is 0.568. The molecule has 1 heterocycles. The number of rotatable bonds is 2. The van der Waals surface area contributed by atoms with Gasteiger partial charge in [0.1, 0.15) is 5.75 Å². The van der Waals surface area contributed by atoms with Crippen LogP contribution in [-0.4, -0.2) is 12.1 Å². The molecule has 0 fully saturated rings. The molecular formula is C13H14ClNO2. The highest BCUT2D eigenvalue weighted by Gasteiger charge is 2.10. The van der Waals surface area contributed by atoms with Gasteiger partial charge in [0.25, 0.3) is 0 Å². The second-order valence-corrected chi connectivity index (χ2v) is 4.35. The van der Waals surface area contributed by atoms with Gasteiger partial charge < -0.3 is 9.72 Å². The molecule has 0 aliphatic rings. The Hall–Kier alpha value is -1.48. The van der Waals surface area contributed by atoms with E-state index in [0.717, 1.165) is 16.8 Å². The minimum Gasteiger partial charge on any atom is -0.495 e. The molecule has 1 aromatic heterocycles. The molecule has 2 rings (SSSR count). The molecular weight excluding hydrogens is 238 g/mol. The molecule has 4 heteroatoms. The number of nitrogens with one attached hydrogen (secondary N) is 1. The summed E-state index contributed by atoms with van der Waals surface area (Å²) in [6.45, 7) is 3.87. The molecule has 0 saturated heterocycles. The molecule has 0 spiro atoms. The van der Waals surface area contributed by atoms with Crippen LogP contribution in [0.4, 0.5) is 0 Å². The topological polar surface area (TPSA) is 42.1 Å². The summed E-state index contributed by atoms with van der Waals surface area (Å²) < 4.78 is 5.14. The number of halogens is 1. The molecule has 1 N–H and O–H groups in total. The molecule has 1 aromatic carbocycles. The Labute approximate surface area is 104 Å². The fourth-order valence-electron chi connectivity index (χ4n) is 2.04. The Bertz CT molecular complexity index is 631. The van der Waals surface area contributed by atoms with Crippen LogP contribution in [0, 0.1) is 6.92 Å². The van der Waals surface area contributed by atoms with Crippen molar-refractivity contribution in [3.05, 3.63) is 38.6 Å². The van der Waals surface area contributed by atoms with Crippen LogP contribution in [0.2, 0.25) is 5.02 Å². The molecule has 90 valence electrons. The predicted molar refractivity (Wildman–Crippen MR) is 70.2 cm³/mol. The normalized spacial score (nSPS) is 10.8.